The van der Waals surface area contributed by atoms with E-state index in [0.717, 1.165) is 18.6 Å². The summed E-state index contributed by atoms with van der Waals surface area (Å²) in [5.41, 5.74) is 0. The Morgan fingerprint density at radius 3 is 2.77 bits per heavy atom. The molecule has 0 spiro atoms. The van der Waals surface area contributed by atoms with Gasteiger partial charge < -0.3 is 4.74 Å². The van der Waals surface area contributed by atoms with E-state index >= 15 is 0 Å². The first-order valence-corrected chi connectivity index (χ1v) is 4.99. The first-order valence-electron chi connectivity index (χ1n) is 4.61. The van der Waals surface area contributed by atoms with Crippen molar-refractivity contribution in [1.29, 1.82) is 0 Å². The molecule has 0 radical (unpaired) electrons. The van der Waals surface area contributed by atoms with Gasteiger partial charge in [-0.1, -0.05) is 11.6 Å². The summed E-state index contributed by atoms with van der Waals surface area (Å²) in [7, 11) is 1.81. The summed E-state index contributed by atoms with van der Waals surface area (Å²) >= 11 is 5.96. The van der Waals surface area contributed by atoms with Crippen LogP contribution >= 0.6 is 11.6 Å². The normalized spacial score (nSPS) is 18.0. The molecule has 3 nitrogen and oxygen atoms in total. The molecule has 0 unspecified atom stereocenters. The molecule has 0 bridgehead atoms. The van der Waals surface area contributed by atoms with Crippen LogP contribution in [0.25, 0.3) is 0 Å². The Bertz CT molecular complexity index is 292. The number of rotatable bonds is 2. The van der Waals surface area contributed by atoms with Gasteiger partial charge in [-0.05, 0) is 25.7 Å². The maximum Gasteiger partial charge on any atom is 0.176 e. The molecule has 1 aliphatic rings. The molecule has 0 N–H and O–H groups in total. The number of halogens is 1. The molecule has 4 heteroatoms. The molecule has 1 aromatic heterocycles. The molecule has 0 aromatic carbocycles. The number of hydrogen-bond acceptors (Lipinski definition) is 2. The van der Waals surface area contributed by atoms with Crippen molar-refractivity contribution in [2.45, 2.75) is 31.8 Å². The van der Waals surface area contributed by atoms with Crippen LogP contribution in [0.15, 0.2) is 6.20 Å². The van der Waals surface area contributed by atoms with E-state index in [-0.39, 0.29) is 0 Å². The van der Waals surface area contributed by atoms with Gasteiger partial charge in [0, 0.05) is 7.05 Å². The van der Waals surface area contributed by atoms with Gasteiger partial charge in [-0.2, -0.15) is 5.10 Å². The molecule has 0 aliphatic heterocycles. The maximum atomic E-state index is 5.96. The Balaban J connectivity index is 2.04. The average molecular weight is 201 g/mol. The van der Waals surface area contributed by atoms with Crippen LogP contribution in [0.5, 0.6) is 5.75 Å². The van der Waals surface area contributed by atoms with Crippen molar-refractivity contribution in [3.05, 3.63) is 11.3 Å². The number of aromatic nitrogens is 2. The van der Waals surface area contributed by atoms with Crippen LogP contribution in [0, 0.1) is 0 Å². The van der Waals surface area contributed by atoms with Gasteiger partial charge in [-0.25, -0.2) is 0 Å². The lowest BCUT2D eigenvalue weighted by Crippen LogP contribution is -2.10. The molecular weight excluding hydrogens is 188 g/mol. The van der Waals surface area contributed by atoms with E-state index < -0.39 is 0 Å². The van der Waals surface area contributed by atoms with Crippen LogP contribution in [-0.4, -0.2) is 15.9 Å². The van der Waals surface area contributed by atoms with Crippen molar-refractivity contribution < 1.29 is 4.74 Å². The molecule has 1 saturated carbocycles. The van der Waals surface area contributed by atoms with Crippen LogP contribution in [0.4, 0.5) is 0 Å². The Hall–Kier alpha value is -0.700. The van der Waals surface area contributed by atoms with Gasteiger partial charge in [0.15, 0.2) is 10.9 Å². The first kappa shape index (κ1) is 8.88. The van der Waals surface area contributed by atoms with Gasteiger partial charge in [0.25, 0.3) is 0 Å². The molecule has 1 fully saturated rings. The third-order valence-electron chi connectivity index (χ3n) is 2.43. The van der Waals surface area contributed by atoms with Gasteiger partial charge >= 0.3 is 0 Å². The Morgan fingerprint density at radius 2 is 2.23 bits per heavy atom. The van der Waals surface area contributed by atoms with Crippen LogP contribution < -0.4 is 4.74 Å². The highest BCUT2D eigenvalue weighted by molar-refractivity contribution is 6.31. The van der Waals surface area contributed by atoms with E-state index in [1.807, 2.05) is 7.05 Å². The molecule has 2 rings (SSSR count). The Kier molecular flexibility index (Phi) is 2.44. The summed E-state index contributed by atoms with van der Waals surface area (Å²) in [5, 5.41) is 4.61. The molecule has 1 aliphatic carbocycles. The van der Waals surface area contributed by atoms with Crippen molar-refractivity contribution in [3.63, 3.8) is 0 Å². The lowest BCUT2D eigenvalue weighted by molar-refractivity contribution is 0.210. The molecule has 1 heterocycles. The monoisotopic (exact) mass is 200 g/mol. The fraction of sp³-hybridized carbons (Fsp3) is 0.667. The summed E-state index contributed by atoms with van der Waals surface area (Å²) in [4.78, 5) is 0. The summed E-state index contributed by atoms with van der Waals surface area (Å²) in [6.45, 7) is 0. The number of aryl methyl sites for hydroxylation is 1. The fourth-order valence-electron chi connectivity index (χ4n) is 1.67. The number of ether oxygens (including phenoxy) is 1. The van der Waals surface area contributed by atoms with Gasteiger partial charge in [0.2, 0.25) is 0 Å². The maximum absolute atomic E-state index is 5.96. The van der Waals surface area contributed by atoms with Crippen LogP contribution in [0.1, 0.15) is 25.7 Å². The highest BCUT2D eigenvalue weighted by atomic mass is 35.5. The summed E-state index contributed by atoms with van der Waals surface area (Å²) in [5.74, 6) is 0.719. The van der Waals surface area contributed by atoms with Crippen LogP contribution in [-0.2, 0) is 7.05 Å². The van der Waals surface area contributed by atoms with E-state index in [4.69, 9.17) is 16.3 Å². The van der Waals surface area contributed by atoms with Crippen molar-refractivity contribution in [3.8, 4) is 5.75 Å². The molecule has 0 amide bonds. The smallest absolute Gasteiger partial charge is 0.176 e. The quantitative estimate of drug-likeness (QED) is 0.733. The first-order chi connectivity index (χ1) is 6.27. The lowest BCUT2D eigenvalue weighted by atomic mass is 10.3. The molecule has 1 aromatic rings. The molecule has 0 atom stereocenters. The number of hydrogen-bond donors (Lipinski definition) is 0. The SMILES string of the molecule is Cn1ncc(OC2CCCC2)c1Cl. The van der Waals surface area contributed by atoms with Gasteiger partial charge in [0.05, 0.1) is 12.3 Å². The van der Waals surface area contributed by atoms with Crippen molar-refractivity contribution in [1.82, 2.24) is 9.78 Å². The summed E-state index contributed by atoms with van der Waals surface area (Å²) in [6, 6.07) is 0. The fourth-order valence-corrected chi connectivity index (χ4v) is 1.80. The van der Waals surface area contributed by atoms with Crippen molar-refractivity contribution in [2.75, 3.05) is 0 Å². The molecule has 72 valence electrons. The average Bonchev–Trinajstić information content (AvgIpc) is 2.71. The highest BCUT2D eigenvalue weighted by Gasteiger charge is 2.18. The Labute approximate surface area is 82.6 Å². The zero-order chi connectivity index (χ0) is 9.26. The predicted octanol–water partition coefficient (Wildman–Crippen LogP) is 2.39. The summed E-state index contributed by atoms with van der Waals surface area (Å²) < 4.78 is 7.33. The van der Waals surface area contributed by atoms with Crippen molar-refractivity contribution in [2.24, 2.45) is 7.05 Å². The van der Waals surface area contributed by atoms with E-state index in [9.17, 15) is 0 Å². The van der Waals surface area contributed by atoms with Crippen LogP contribution in [0.2, 0.25) is 5.15 Å². The molecule has 0 saturated heterocycles. The minimum absolute atomic E-state index is 0.349. The Morgan fingerprint density at radius 1 is 1.54 bits per heavy atom. The lowest BCUT2D eigenvalue weighted by Gasteiger charge is -2.10. The van der Waals surface area contributed by atoms with Gasteiger partial charge in [0.1, 0.15) is 0 Å². The molecule has 13 heavy (non-hydrogen) atoms. The third-order valence-corrected chi connectivity index (χ3v) is 2.86. The minimum atomic E-state index is 0.349. The van der Waals surface area contributed by atoms with E-state index in [2.05, 4.69) is 5.10 Å². The largest absolute Gasteiger partial charge is 0.486 e. The topological polar surface area (TPSA) is 27.1 Å². The standard InChI is InChI=1S/C9H13ClN2O/c1-12-9(10)8(6-11-12)13-7-4-2-3-5-7/h6-7H,2-5H2,1H3. The van der Waals surface area contributed by atoms with E-state index in [0.29, 0.717) is 11.3 Å². The van der Waals surface area contributed by atoms with Crippen molar-refractivity contribution >= 4 is 11.6 Å². The summed E-state index contributed by atoms with van der Waals surface area (Å²) in [6.07, 6.45) is 6.85. The second kappa shape index (κ2) is 3.58. The minimum Gasteiger partial charge on any atom is -0.486 e. The van der Waals surface area contributed by atoms with Gasteiger partial charge in [-0.15, -0.1) is 0 Å². The zero-order valence-corrected chi connectivity index (χ0v) is 8.42. The second-order valence-electron chi connectivity index (χ2n) is 3.45. The van der Waals surface area contributed by atoms with E-state index in [1.165, 1.54) is 12.8 Å². The predicted molar refractivity (Wildman–Crippen MR) is 51.1 cm³/mol. The van der Waals surface area contributed by atoms with Crippen LogP contribution in [0.3, 0.4) is 0 Å². The zero-order valence-electron chi connectivity index (χ0n) is 7.66. The van der Waals surface area contributed by atoms with E-state index in [1.54, 1.807) is 10.9 Å². The molecular formula is C9H13ClN2O. The highest BCUT2D eigenvalue weighted by Crippen LogP contribution is 2.28. The van der Waals surface area contributed by atoms with Gasteiger partial charge in [-0.3, -0.25) is 4.68 Å². The second-order valence-corrected chi connectivity index (χ2v) is 3.81. The third kappa shape index (κ3) is 1.80. The number of nitrogens with zero attached hydrogens (tertiary/aromatic N) is 2.